The van der Waals surface area contributed by atoms with E-state index in [1.165, 1.54) is 6.07 Å². The summed E-state index contributed by atoms with van der Waals surface area (Å²) in [6, 6.07) is 14.8. The Balaban J connectivity index is 0.00000338. The van der Waals surface area contributed by atoms with Gasteiger partial charge >= 0.3 is 0 Å². The molecule has 0 aromatic heterocycles. The van der Waals surface area contributed by atoms with Gasteiger partial charge in [-0.1, -0.05) is 42.5 Å². The maximum absolute atomic E-state index is 13.3. The van der Waals surface area contributed by atoms with E-state index >= 15 is 0 Å². The van der Waals surface area contributed by atoms with Gasteiger partial charge in [0.15, 0.2) is 5.96 Å². The molecule has 0 heterocycles. The van der Waals surface area contributed by atoms with Crippen LogP contribution in [0, 0.1) is 12.7 Å². The number of benzene rings is 2. The summed E-state index contributed by atoms with van der Waals surface area (Å²) >= 11 is 0. The normalized spacial score (nSPS) is 12.2. The monoisotopic (exact) mass is 489 g/mol. The van der Waals surface area contributed by atoms with E-state index in [-0.39, 0.29) is 29.8 Å². The quantitative estimate of drug-likeness (QED) is 0.357. The first-order valence-corrected chi connectivity index (χ1v) is 9.65. The highest BCUT2D eigenvalue weighted by Gasteiger charge is 2.04. The number of aliphatic imine (C=N–C) groups is 1. The largest absolute Gasteiger partial charge is 0.355 e. The average molecular weight is 489 g/mol. The summed E-state index contributed by atoms with van der Waals surface area (Å²) in [6.45, 7) is 2.86. The summed E-state index contributed by atoms with van der Waals surface area (Å²) in [4.78, 5) is 4.15. The third kappa shape index (κ3) is 7.82. The molecule has 4 nitrogen and oxygen atoms in total. The fraction of sp³-hybridized carbons (Fsp3) is 0.316. The molecule has 0 aliphatic carbocycles. The highest BCUT2D eigenvalue weighted by Crippen LogP contribution is 2.08. The molecule has 2 N–H and O–H groups in total. The molecule has 0 aliphatic rings. The van der Waals surface area contributed by atoms with Gasteiger partial charge in [0.1, 0.15) is 5.82 Å². The second-order valence-corrected chi connectivity index (χ2v) is 7.29. The third-order valence-electron chi connectivity index (χ3n) is 3.70. The van der Waals surface area contributed by atoms with Crippen LogP contribution in [0.3, 0.4) is 0 Å². The number of nitrogens with zero attached hydrogens (tertiary/aromatic N) is 1. The van der Waals surface area contributed by atoms with Gasteiger partial charge in [-0.3, -0.25) is 9.20 Å². The lowest BCUT2D eigenvalue weighted by Gasteiger charge is -2.12. The van der Waals surface area contributed by atoms with E-state index in [0.717, 1.165) is 11.1 Å². The van der Waals surface area contributed by atoms with Gasteiger partial charge in [-0.25, -0.2) is 4.39 Å². The van der Waals surface area contributed by atoms with Crippen molar-refractivity contribution in [2.45, 2.75) is 19.2 Å². The Morgan fingerprint density at radius 3 is 2.50 bits per heavy atom. The number of hydrogen-bond acceptors (Lipinski definition) is 2. The van der Waals surface area contributed by atoms with E-state index in [0.29, 0.717) is 36.1 Å². The second kappa shape index (κ2) is 12.0. The predicted octanol–water partition coefficient (Wildman–Crippen LogP) is 3.37. The molecule has 2 rings (SSSR count). The SMILES string of the molecule is CN=C(NCCS(=O)Cc1ccccc1)NCc1ccc(F)c(C)c1.I. The van der Waals surface area contributed by atoms with Gasteiger partial charge in [-0.2, -0.15) is 0 Å². The summed E-state index contributed by atoms with van der Waals surface area (Å²) in [5.74, 6) is 1.54. The summed E-state index contributed by atoms with van der Waals surface area (Å²) < 4.78 is 25.4. The zero-order chi connectivity index (χ0) is 18.1. The molecule has 0 saturated heterocycles. The number of guanidine groups is 1. The van der Waals surface area contributed by atoms with Gasteiger partial charge in [0.25, 0.3) is 0 Å². The average Bonchev–Trinajstić information content (AvgIpc) is 2.61. The molecule has 0 aliphatic heterocycles. The fourth-order valence-electron chi connectivity index (χ4n) is 2.34. The Morgan fingerprint density at radius 2 is 1.85 bits per heavy atom. The standard InChI is InChI=1S/C19H24FN3OS.HI/c1-15-12-17(8-9-18(15)20)13-23-19(21-2)22-10-11-25(24)14-16-6-4-3-5-7-16;/h3-9,12H,10-11,13-14H2,1-2H3,(H2,21,22,23);1H. The molecule has 26 heavy (non-hydrogen) atoms. The van der Waals surface area contributed by atoms with Gasteiger partial charge < -0.3 is 10.6 Å². The van der Waals surface area contributed by atoms with Crippen molar-refractivity contribution in [2.24, 2.45) is 4.99 Å². The molecule has 1 atom stereocenters. The molecule has 2 aromatic carbocycles. The molecule has 2 aromatic rings. The lowest BCUT2D eigenvalue weighted by atomic mass is 10.1. The van der Waals surface area contributed by atoms with Crippen LogP contribution >= 0.6 is 24.0 Å². The number of nitrogens with one attached hydrogen (secondary N) is 2. The lowest BCUT2D eigenvalue weighted by molar-refractivity contribution is 0.617. The Labute approximate surface area is 174 Å². The van der Waals surface area contributed by atoms with Crippen molar-refractivity contribution in [1.82, 2.24) is 10.6 Å². The minimum Gasteiger partial charge on any atom is -0.355 e. The van der Waals surface area contributed by atoms with E-state index in [9.17, 15) is 8.60 Å². The summed E-state index contributed by atoms with van der Waals surface area (Å²) in [7, 11) is 0.765. The van der Waals surface area contributed by atoms with Crippen molar-refractivity contribution in [3.8, 4) is 0 Å². The van der Waals surface area contributed by atoms with Crippen LogP contribution in [0.25, 0.3) is 0 Å². The van der Waals surface area contributed by atoms with Gasteiger partial charge in [0, 0.05) is 42.4 Å². The highest BCUT2D eigenvalue weighted by molar-refractivity contribution is 14.0. The zero-order valence-corrected chi connectivity index (χ0v) is 18.1. The van der Waals surface area contributed by atoms with Crippen LogP contribution in [0.4, 0.5) is 4.39 Å². The number of aryl methyl sites for hydroxylation is 1. The Hall–Kier alpha value is -1.48. The predicted molar refractivity (Wildman–Crippen MR) is 118 cm³/mol. The molecule has 0 spiro atoms. The highest BCUT2D eigenvalue weighted by atomic mass is 127. The van der Waals surface area contributed by atoms with Gasteiger partial charge in [-0.15, -0.1) is 24.0 Å². The van der Waals surface area contributed by atoms with Gasteiger partial charge in [0.2, 0.25) is 0 Å². The third-order valence-corrected chi connectivity index (χ3v) is 5.01. The van der Waals surface area contributed by atoms with Crippen molar-refractivity contribution in [3.63, 3.8) is 0 Å². The van der Waals surface area contributed by atoms with Crippen LogP contribution < -0.4 is 10.6 Å². The molecule has 0 saturated carbocycles. The molecule has 1 unspecified atom stereocenters. The van der Waals surface area contributed by atoms with Gasteiger partial charge in [0.05, 0.1) is 0 Å². The lowest BCUT2D eigenvalue weighted by Crippen LogP contribution is -2.38. The van der Waals surface area contributed by atoms with Crippen molar-refractivity contribution in [1.29, 1.82) is 0 Å². The minimum absolute atomic E-state index is 0. The Bertz CT molecular complexity index is 741. The maximum Gasteiger partial charge on any atom is 0.191 e. The van der Waals surface area contributed by atoms with Crippen LogP contribution in [0.5, 0.6) is 0 Å². The van der Waals surface area contributed by atoms with Crippen LogP contribution in [0.15, 0.2) is 53.5 Å². The minimum atomic E-state index is -0.922. The van der Waals surface area contributed by atoms with E-state index in [4.69, 9.17) is 0 Å². The van der Waals surface area contributed by atoms with Crippen LogP contribution in [0.1, 0.15) is 16.7 Å². The van der Waals surface area contributed by atoms with Crippen molar-refractivity contribution < 1.29 is 8.60 Å². The summed E-state index contributed by atoms with van der Waals surface area (Å²) in [6.07, 6.45) is 0. The number of rotatable bonds is 7. The smallest absolute Gasteiger partial charge is 0.191 e. The number of halogens is 2. The topological polar surface area (TPSA) is 53.5 Å². The molecule has 0 bridgehead atoms. The fourth-order valence-corrected chi connectivity index (χ4v) is 3.38. The van der Waals surface area contributed by atoms with Crippen LogP contribution in [0.2, 0.25) is 0 Å². The van der Waals surface area contributed by atoms with Crippen LogP contribution in [-0.4, -0.2) is 29.5 Å². The van der Waals surface area contributed by atoms with E-state index in [1.54, 1.807) is 20.0 Å². The summed E-state index contributed by atoms with van der Waals surface area (Å²) in [5.41, 5.74) is 2.68. The van der Waals surface area contributed by atoms with Crippen LogP contribution in [-0.2, 0) is 23.1 Å². The Morgan fingerprint density at radius 1 is 1.12 bits per heavy atom. The van der Waals surface area contributed by atoms with Gasteiger partial charge in [-0.05, 0) is 29.7 Å². The Kier molecular flexibility index (Phi) is 10.4. The maximum atomic E-state index is 13.3. The molecule has 142 valence electrons. The molecule has 0 amide bonds. The molecular weight excluding hydrogens is 464 g/mol. The molecule has 7 heteroatoms. The summed E-state index contributed by atoms with van der Waals surface area (Å²) in [5, 5.41) is 6.33. The molecule has 0 radical (unpaired) electrons. The molecule has 0 fully saturated rings. The van der Waals surface area contributed by atoms with E-state index in [2.05, 4.69) is 15.6 Å². The van der Waals surface area contributed by atoms with E-state index in [1.807, 2.05) is 36.4 Å². The van der Waals surface area contributed by atoms with Crippen molar-refractivity contribution in [2.75, 3.05) is 19.3 Å². The van der Waals surface area contributed by atoms with Crippen molar-refractivity contribution >= 4 is 40.7 Å². The number of hydrogen-bond donors (Lipinski definition) is 2. The molecular formula is C19H25FIN3OS. The first-order valence-electron chi connectivity index (χ1n) is 8.17. The van der Waals surface area contributed by atoms with Crippen molar-refractivity contribution in [3.05, 3.63) is 71.0 Å². The first-order chi connectivity index (χ1) is 12.1. The zero-order valence-electron chi connectivity index (χ0n) is 15.0. The second-order valence-electron chi connectivity index (χ2n) is 5.71. The first kappa shape index (κ1) is 22.6. The van der Waals surface area contributed by atoms with E-state index < -0.39 is 10.8 Å².